The molecular formula is C19H18N2O2. The van der Waals surface area contributed by atoms with Gasteiger partial charge in [-0.1, -0.05) is 30.3 Å². The molecule has 4 heteroatoms. The van der Waals surface area contributed by atoms with Crippen LogP contribution in [-0.4, -0.2) is 23.5 Å². The lowest BCUT2D eigenvalue weighted by molar-refractivity contribution is -0.138. The van der Waals surface area contributed by atoms with Gasteiger partial charge in [-0.3, -0.25) is 4.79 Å². The lowest BCUT2D eigenvalue weighted by atomic mass is 9.99. The minimum absolute atomic E-state index is 0.0261. The molecule has 0 N–H and O–H groups in total. The molecule has 1 aliphatic rings. The third kappa shape index (κ3) is 3.35. The van der Waals surface area contributed by atoms with E-state index in [2.05, 4.69) is 18.2 Å². The van der Waals surface area contributed by atoms with Crippen molar-refractivity contribution in [3.63, 3.8) is 0 Å². The molecule has 23 heavy (non-hydrogen) atoms. The summed E-state index contributed by atoms with van der Waals surface area (Å²) in [4.78, 5) is 14.4. The molecule has 0 radical (unpaired) electrons. The molecule has 2 aromatic rings. The van der Waals surface area contributed by atoms with Crippen molar-refractivity contribution in [2.24, 2.45) is 0 Å². The van der Waals surface area contributed by atoms with Crippen molar-refractivity contribution >= 4 is 5.91 Å². The van der Waals surface area contributed by atoms with Crippen LogP contribution in [0.3, 0.4) is 0 Å². The Morgan fingerprint density at radius 2 is 2.00 bits per heavy atom. The second-order valence-electron chi connectivity index (χ2n) is 5.68. The zero-order valence-corrected chi connectivity index (χ0v) is 13.0. The molecule has 0 aliphatic carbocycles. The Morgan fingerprint density at radius 3 is 2.78 bits per heavy atom. The highest BCUT2D eigenvalue weighted by molar-refractivity contribution is 5.81. The number of carbonyl (C=O) groups excluding carboxylic acids is 1. The van der Waals surface area contributed by atoms with Crippen molar-refractivity contribution in [1.82, 2.24) is 4.90 Å². The molecule has 1 aliphatic heterocycles. The molecule has 1 atom stereocenters. The first-order valence-electron chi connectivity index (χ1n) is 7.70. The molecule has 0 unspecified atom stereocenters. The van der Waals surface area contributed by atoms with Gasteiger partial charge in [0, 0.05) is 13.1 Å². The summed E-state index contributed by atoms with van der Waals surface area (Å²) in [6, 6.07) is 17.2. The summed E-state index contributed by atoms with van der Waals surface area (Å²) >= 11 is 0. The normalized spacial score (nSPS) is 14.5. The molecule has 0 fully saturated rings. The van der Waals surface area contributed by atoms with Crippen LogP contribution in [0, 0.1) is 11.3 Å². The highest BCUT2D eigenvalue weighted by Gasteiger charge is 2.25. The fraction of sp³-hybridized carbons (Fsp3) is 0.263. The maximum absolute atomic E-state index is 12.6. The van der Waals surface area contributed by atoms with Gasteiger partial charge in [0.25, 0.3) is 5.91 Å². The third-order valence-electron chi connectivity index (χ3n) is 4.07. The predicted octanol–water partition coefficient (Wildman–Crippen LogP) is 2.91. The Labute approximate surface area is 135 Å². The molecule has 1 heterocycles. The zero-order valence-electron chi connectivity index (χ0n) is 13.0. The monoisotopic (exact) mass is 306 g/mol. The number of benzene rings is 2. The van der Waals surface area contributed by atoms with Crippen LogP contribution < -0.4 is 4.74 Å². The summed E-state index contributed by atoms with van der Waals surface area (Å²) < 4.78 is 5.72. The van der Waals surface area contributed by atoms with E-state index < -0.39 is 6.10 Å². The Morgan fingerprint density at radius 1 is 1.22 bits per heavy atom. The standard InChI is InChI=1S/C19H18N2O2/c1-14(23-18-8-4-5-15(11-18)12-20)19(22)21-10-9-16-6-2-3-7-17(16)13-21/h2-8,11,14H,9-10,13H2,1H3/t14-/m0/s1. The summed E-state index contributed by atoms with van der Waals surface area (Å²) in [5, 5.41) is 8.92. The summed E-state index contributed by atoms with van der Waals surface area (Å²) in [7, 11) is 0. The van der Waals surface area contributed by atoms with E-state index in [1.807, 2.05) is 17.0 Å². The summed E-state index contributed by atoms with van der Waals surface area (Å²) in [5.41, 5.74) is 3.03. The fourth-order valence-electron chi connectivity index (χ4n) is 2.83. The Balaban J connectivity index is 1.67. The number of nitriles is 1. The molecule has 116 valence electrons. The van der Waals surface area contributed by atoms with E-state index in [-0.39, 0.29) is 5.91 Å². The first kappa shape index (κ1) is 15.1. The SMILES string of the molecule is C[C@H](Oc1cccc(C#N)c1)C(=O)N1CCc2ccccc2C1. The van der Waals surface area contributed by atoms with Gasteiger partial charge in [-0.15, -0.1) is 0 Å². The number of rotatable bonds is 3. The van der Waals surface area contributed by atoms with Gasteiger partial charge in [0.05, 0.1) is 11.6 Å². The molecule has 0 bridgehead atoms. The summed E-state index contributed by atoms with van der Waals surface area (Å²) in [6.45, 7) is 3.09. The minimum Gasteiger partial charge on any atom is -0.481 e. The van der Waals surface area contributed by atoms with Gasteiger partial charge in [-0.2, -0.15) is 5.26 Å². The summed E-state index contributed by atoms with van der Waals surface area (Å²) in [5.74, 6) is 0.518. The number of ether oxygens (including phenoxy) is 1. The lowest BCUT2D eigenvalue weighted by Crippen LogP contribution is -2.43. The molecule has 0 aromatic heterocycles. The maximum atomic E-state index is 12.6. The highest BCUT2D eigenvalue weighted by atomic mass is 16.5. The number of hydrogen-bond acceptors (Lipinski definition) is 3. The van der Waals surface area contributed by atoms with Crippen molar-refractivity contribution in [2.45, 2.75) is 26.0 Å². The van der Waals surface area contributed by atoms with Gasteiger partial charge >= 0.3 is 0 Å². The van der Waals surface area contributed by atoms with E-state index in [1.165, 1.54) is 11.1 Å². The molecule has 0 saturated heterocycles. The smallest absolute Gasteiger partial charge is 0.263 e. The van der Waals surface area contributed by atoms with Crippen molar-refractivity contribution in [3.05, 3.63) is 65.2 Å². The maximum Gasteiger partial charge on any atom is 0.263 e. The first-order valence-corrected chi connectivity index (χ1v) is 7.70. The zero-order chi connectivity index (χ0) is 16.2. The highest BCUT2D eigenvalue weighted by Crippen LogP contribution is 2.20. The fourth-order valence-corrected chi connectivity index (χ4v) is 2.83. The minimum atomic E-state index is -0.575. The average Bonchev–Trinajstić information content (AvgIpc) is 2.60. The van der Waals surface area contributed by atoms with E-state index in [0.29, 0.717) is 24.4 Å². The average molecular weight is 306 g/mol. The molecule has 3 rings (SSSR count). The van der Waals surface area contributed by atoms with Crippen LogP contribution in [0.1, 0.15) is 23.6 Å². The van der Waals surface area contributed by atoms with E-state index in [9.17, 15) is 4.79 Å². The first-order chi connectivity index (χ1) is 11.2. The van der Waals surface area contributed by atoms with Crippen LogP contribution in [-0.2, 0) is 17.8 Å². The van der Waals surface area contributed by atoms with E-state index in [1.54, 1.807) is 31.2 Å². The van der Waals surface area contributed by atoms with Crippen LogP contribution in [0.15, 0.2) is 48.5 Å². The van der Waals surface area contributed by atoms with E-state index >= 15 is 0 Å². The Kier molecular flexibility index (Phi) is 4.29. The van der Waals surface area contributed by atoms with E-state index in [0.717, 1.165) is 6.42 Å². The van der Waals surface area contributed by atoms with Crippen molar-refractivity contribution in [1.29, 1.82) is 5.26 Å². The largest absolute Gasteiger partial charge is 0.481 e. The Bertz CT molecular complexity index is 764. The molecular weight excluding hydrogens is 288 g/mol. The Hall–Kier alpha value is -2.80. The number of amides is 1. The topological polar surface area (TPSA) is 53.3 Å². The van der Waals surface area contributed by atoms with Gasteiger partial charge < -0.3 is 9.64 Å². The summed E-state index contributed by atoms with van der Waals surface area (Å²) in [6.07, 6.45) is 0.299. The predicted molar refractivity (Wildman–Crippen MR) is 86.8 cm³/mol. The van der Waals surface area contributed by atoms with Gasteiger partial charge in [-0.25, -0.2) is 0 Å². The molecule has 2 aromatic carbocycles. The van der Waals surface area contributed by atoms with Crippen LogP contribution in [0.2, 0.25) is 0 Å². The van der Waals surface area contributed by atoms with Gasteiger partial charge in [0.1, 0.15) is 5.75 Å². The number of carbonyl (C=O) groups is 1. The van der Waals surface area contributed by atoms with Crippen LogP contribution in [0.5, 0.6) is 5.75 Å². The second kappa shape index (κ2) is 6.53. The molecule has 0 spiro atoms. The number of hydrogen-bond donors (Lipinski definition) is 0. The van der Waals surface area contributed by atoms with Crippen molar-refractivity contribution in [2.75, 3.05) is 6.54 Å². The van der Waals surface area contributed by atoms with Gasteiger partial charge in [-0.05, 0) is 42.7 Å². The lowest BCUT2D eigenvalue weighted by Gasteiger charge is -2.31. The van der Waals surface area contributed by atoms with Crippen LogP contribution >= 0.6 is 0 Å². The van der Waals surface area contributed by atoms with Gasteiger partial charge in [0.15, 0.2) is 6.10 Å². The van der Waals surface area contributed by atoms with Crippen LogP contribution in [0.25, 0.3) is 0 Å². The van der Waals surface area contributed by atoms with E-state index in [4.69, 9.17) is 10.00 Å². The second-order valence-corrected chi connectivity index (χ2v) is 5.68. The van der Waals surface area contributed by atoms with Crippen molar-refractivity contribution in [3.8, 4) is 11.8 Å². The van der Waals surface area contributed by atoms with Crippen LogP contribution in [0.4, 0.5) is 0 Å². The number of fused-ring (bicyclic) bond motifs is 1. The van der Waals surface area contributed by atoms with Crippen molar-refractivity contribution < 1.29 is 9.53 Å². The molecule has 1 amide bonds. The van der Waals surface area contributed by atoms with Gasteiger partial charge in [0.2, 0.25) is 0 Å². The quantitative estimate of drug-likeness (QED) is 0.876. The molecule has 4 nitrogen and oxygen atoms in total. The number of nitrogens with zero attached hydrogens (tertiary/aromatic N) is 2. The molecule has 0 saturated carbocycles. The third-order valence-corrected chi connectivity index (χ3v) is 4.07.